The van der Waals surface area contributed by atoms with E-state index in [0.29, 0.717) is 25.3 Å². The topological polar surface area (TPSA) is 95.2 Å². The highest BCUT2D eigenvalue weighted by atomic mass is 32.2. The molecule has 24 heavy (non-hydrogen) atoms. The van der Waals surface area contributed by atoms with E-state index in [4.69, 9.17) is 0 Å². The number of benzene rings is 1. The van der Waals surface area contributed by atoms with Crippen molar-refractivity contribution < 1.29 is 13.2 Å². The molecular formula is C16H22N4O3S. The molecule has 8 heteroatoms. The van der Waals surface area contributed by atoms with E-state index in [1.807, 2.05) is 25.1 Å². The highest BCUT2D eigenvalue weighted by Crippen LogP contribution is 2.19. The lowest BCUT2D eigenvalue weighted by Crippen LogP contribution is -2.43. The molecule has 0 radical (unpaired) electrons. The zero-order valence-corrected chi connectivity index (χ0v) is 14.7. The van der Waals surface area contributed by atoms with E-state index in [-0.39, 0.29) is 11.8 Å². The van der Waals surface area contributed by atoms with Crippen LogP contribution in [0.25, 0.3) is 10.9 Å². The van der Waals surface area contributed by atoms with Gasteiger partial charge in [-0.25, -0.2) is 12.7 Å². The Bertz CT molecular complexity index is 859. The van der Waals surface area contributed by atoms with Gasteiger partial charge in [-0.15, -0.1) is 0 Å². The van der Waals surface area contributed by atoms with Crippen LogP contribution in [0.15, 0.2) is 18.2 Å². The third kappa shape index (κ3) is 3.59. The van der Waals surface area contributed by atoms with Crippen LogP contribution < -0.4 is 5.32 Å². The summed E-state index contributed by atoms with van der Waals surface area (Å²) in [5.41, 5.74) is 2.27. The van der Waals surface area contributed by atoms with Crippen LogP contribution in [0.2, 0.25) is 0 Å². The fourth-order valence-corrected chi connectivity index (χ4v) is 4.06. The molecule has 1 aliphatic heterocycles. The summed E-state index contributed by atoms with van der Waals surface area (Å²) in [6.07, 6.45) is 2.96. The highest BCUT2D eigenvalue weighted by molar-refractivity contribution is 7.88. The number of nitrogens with zero attached hydrogens (tertiary/aromatic N) is 2. The smallest absolute Gasteiger partial charge is 0.272 e. The van der Waals surface area contributed by atoms with Gasteiger partial charge in [0.2, 0.25) is 10.0 Å². The van der Waals surface area contributed by atoms with Gasteiger partial charge in [-0.2, -0.15) is 5.10 Å². The maximum absolute atomic E-state index is 12.4. The summed E-state index contributed by atoms with van der Waals surface area (Å²) in [5.74, 6) is -0.104. The Morgan fingerprint density at radius 2 is 2.25 bits per heavy atom. The zero-order valence-electron chi connectivity index (χ0n) is 13.9. The first-order valence-corrected chi connectivity index (χ1v) is 9.87. The quantitative estimate of drug-likeness (QED) is 0.868. The van der Waals surface area contributed by atoms with Crippen LogP contribution in [0.5, 0.6) is 0 Å². The van der Waals surface area contributed by atoms with Crippen LogP contribution in [0, 0.1) is 12.8 Å². The van der Waals surface area contributed by atoms with Crippen molar-refractivity contribution in [3.05, 3.63) is 29.5 Å². The number of hydrogen-bond acceptors (Lipinski definition) is 4. The summed E-state index contributed by atoms with van der Waals surface area (Å²) in [6.45, 7) is 3.44. The number of carbonyl (C=O) groups excluding carboxylic acids is 1. The number of hydrogen-bond donors (Lipinski definition) is 2. The molecule has 2 aromatic rings. The second kappa shape index (κ2) is 6.52. The van der Waals surface area contributed by atoms with E-state index in [1.165, 1.54) is 10.6 Å². The predicted molar refractivity (Wildman–Crippen MR) is 92.3 cm³/mol. The van der Waals surface area contributed by atoms with Gasteiger partial charge < -0.3 is 5.32 Å². The Morgan fingerprint density at radius 1 is 1.46 bits per heavy atom. The third-order valence-electron chi connectivity index (χ3n) is 4.44. The van der Waals surface area contributed by atoms with Crippen molar-refractivity contribution in [2.75, 3.05) is 25.9 Å². The van der Waals surface area contributed by atoms with Crippen molar-refractivity contribution in [3.63, 3.8) is 0 Å². The fourth-order valence-electron chi connectivity index (χ4n) is 3.12. The molecule has 0 unspecified atom stereocenters. The standard InChI is InChI=1S/C16H22N4O3S/c1-11-5-6-14-13(8-11)15(19-18-14)16(21)17-9-12-4-3-7-20(10-12)24(2,22)23/h5-6,8,12H,3-4,7,9-10H2,1-2H3,(H,17,21)(H,18,19)/t12-/m1/s1. The van der Waals surface area contributed by atoms with Gasteiger partial charge in [0.05, 0.1) is 11.8 Å². The van der Waals surface area contributed by atoms with Gasteiger partial charge in [0.1, 0.15) is 0 Å². The monoisotopic (exact) mass is 350 g/mol. The lowest BCUT2D eigenvalue weighted by Gasteiger charge is -2.30. The summed E-state index contributed by atoms with van der Waals surface area (Å²) in [7, 11) is -3.17. The fraction of sp³-hybridized carbons (Fsp3) is 0.500. The van der Waals surface area contributed by atoms with Gasteiger partial charge in [-0.3, -0.25) is 9.89 Å². The van der Waals surface area contributed by atoms with Crippen LogP contribution in [0.3, 0.4) is 0 Å². The molecule has 130 valence electrons. The van der Waals surface area contributed by atoms with Gasteiger partial charge in [-0.05, 0) is 37.8 Å². The molecule has 7 nitrogen and oxygen atoms in total. The molecule has 1 saturated heterocycles. The normalized spacial score (nSPS) is 19.5. The summed E-state index contributed by atoms with van der Waals surface area (Å²) in [4.78, 5) is 12.4. The van der Waals surface area contributed by atoms with Crippen LogP contribution in [0.1, 0.15) is 28.9 Å². The van der Waals surface area contributed by atoms with E-state index < -0.39 is 10.0 Å². The predicted octanol–water partition coefficient (Wildman–Crippen LogP) is 1.27. The Labute approximate surface area is 141 Å². The van der Waals surface area contributed by atoms with Crippen molar-refractivity contribution >= 4 is 26.8 Å². The number of nitrogens with one attached hydrogen (secondary N) is 2. The molecular weight excluding hydrogens is 328 g/mol. The average molecular weight is 350 g/mol. The first kappa shape index (κ1) is 16.9. The lowest BCUT2D eigenvalue weighted by molar-refractivity contribution is 0.0938. The van der Waals surface area contributed by atoms with Gasteiger partial charge >= 0.3 is 0 Å². The first-order chi connectivity index (χ1) is 11.3. The van der Waals surface area contributed by atoms with E-state index >= 15 is 0 Å². The van der Waals surface area contributed by atoms with E-state index in [9.17, 15) is 13.2 Å². The molecule has 1 aromatic heterocycles. The minimum atomic E-state index is -3.17. The molecule has 1 aromatic carbocycles. The number of aromatic amines is 1. The van der Waals surface area contributed by atoms with Gasteiger partial charge in [0.25, 0.3) is 5.91 Å². The summed E-state index contributed by atoms with van der Waals surface area (Å²) >= 11 is 0. The zero-order chi connectivity index (χ0) is 17.3. The minimum Gasteiger partial charge on any atom is -0.350 e. The van der Waals surface area contributed by atoms with Crippen molar-refractivity contribution in [2.24, 2.45) is 5.92 Å². The Morgan fingerprint density at radius 3 is 3.00 bits per heavy atom. The van der Waals surface area contributed by atoms with Crippen molar-refractivity contribution in [3.8, 4) is 0 Å². The number of rotatable bonds is 4. The maximum atomic E-state index is 12.4. The molecule has 1 amide bonds. The van der Waals surface area contributed by atoms with Gasteiger partial charge in [-0.1, -0.05) is 11.6 Å². The van der Waals surface area contributed by atoms with E-state index in [2.05, 4.69) is 15.5 Å². The second-order valence-corrected chi connectivity index (χ2v) is 8.44. The number of aromatic nitrogens is 2. The molecule has 1 aliphatic rings. The van der Waals surface area contributed by atoms with Crippen LogP contribution in [-0.2, 0) is 10.0 Å². The molecule has 1 atom stereocenters. The third-order valence-corrected chi connectivity index (χ3v) is 5.71. The van der Waals surface area contributed by atoms with Crippen LogP contribution in [0.4, 0.5) is 0 Å². The number of aryl methyl sites for hydroxylation is 1. The molecule has 0 aliphatic carbocycles. The molecule has 0 spiro atoms. The maximum Gasteiger partial charge on any atom is 0.272 e. The number of fused-ring (bicyclic) bond motifs is 1. The summed E-state index contributed by atoms with van der Waals surface area (Å²) in [6, 6.07) is 5.79. The Kier molecular flexibility index (Phi) is 4.60. The van der Waals surface area contributed by atoms with Crippen LogP contribution >= 0.6 is 0 Å². The number of H-pyrrole nitrogens is 1. The second-order valence-electron chi connectivity index (χ2n) is 6.46. The van der Waals surface area contributed by atoms with E-state index in [0.717, 1.165) is 29.3 Å². The Balaban J connectivity index is 1.66. The number of carbonyl (C=O) groups is 1. The minimum absolute atomic E-state index is 0.129. The summed E-state index contributed by atoms with van der Waals surface area (Å²) in [5, 5.41) is 10.7. The first-order valence-electron chi connectivity index (χ1n) is 8.02. The van der Waals surface area contributed by atoms with Crippen molar-refractivity contribution in [2.45, 2.75) is 19.8 Å². The largest absolute Gasteiger partial charge is 0.350 e. The highest BCUT2D eigenvalue weighted by Gasteiger charge is 2.26. The molecule has 2 heterocycles. The lowest BCUT2D eigenvalue weighted by atomic mass is 9.99. The molecule has 2 N–H and O–H groups in total. The molecule has 0 saturated carbocycles. The number of amides is 1. The van der Waals surface area contributed by atoms with Crippen molar-refractivity contribution in [1.82, 2.24) is 19.8 Å². The molecule has 3 rings (SSSR count). The Hall–Kier alpha value is -1.93. The van der Waals surface area contributed by atoms with Gasteiger partial charge in [0.15, 0.2) is 5.69 Å². The molecule has 1 fully saturated rings. The number of sulfonamides is 1. The molecule has 0 bridgehead atoms. The SMILES string of the molecule is Cc1ccc2[nH]nc(C(=O)NC[C@H]3CCCN(S(C)(=O)=O)C3)c2c1. The van der Waals surface area contributed by atoms with E-state index in [1.54, 1.807) is 0 Å². The average Bonchev–Trinajstić information content (AvgIpc) is 2.95. The van der Waals surface area contributed by atoms with Crippen LogP contribution in [-0.4, -0.2) is 54.7 Å². The van der Waals surface area contributed by atoms with Gasteiger partial charge in [0, 0.05) is 25.0 Å². The summed E-state index contributed by atoms with van der Waals surface area (Å²) < 4.78 is 24.8. The number of piperidine rings is 1. The van der Waals surface area contributed by atoms with Crippen molar-refractivity contribution in [1.29, 1.82) is 0 Å².